The zero-order chi connectivity index (χ0) is 8.85. The van der Waals surface area contributed by atoms with Gasteiger partial charge < -0.3 is 9.84 Å². The molecule has 1 rings (SSSR count). The number of aliphatic hydroxyl groups is 1. The highest BCUT2D eigenvalue weighted by atomic mass is 16.5. The highest BCUT2D eigenvalue weighted by molar-refractivity contribution is 4.70. The monoisotopic (exact) mass is 160 g/mol. The first-order chi connectivity index (χ1) is 5.20. The Balaban J connectivity index is 0.000000461. The molecule has 1 aliphatic rings. The summed E-state index contributed by atoms with van der Waals surface area (Å²) in [5.74, 6) is 1.53. The van der Waals surface area contributed by atoms with E-state index in [-0.39, 0.29) is 0 Å². The van der Waals surface area contributed by atoms with E-state index in [4.69, 9.17) is 9.84 Å². The van der Waals surface area contributed by atoms with E-state index in [0.717, 1.165) is 25.6 Å². The van der Waals surface area contributed by atoms with Gasteiger partial charge in [-0.25, -0.2) is 0 Å². The minimum absolute atomic E-state index is 0.487. The molecule has 3 atom stereocenters. The number of rotatable bonds is 0. The van der Waals surface area contributed by atoms with Gasteiger partial charge in [0, 0.05) is 13.7 Å². The average molecular weight is 160 g/mol. The molecule has 68 valence electrons. The van der Waals surface area contributed by atoms with Crippen LogP contribution < -0.4 is 0 Å². The molecule has 0 radical (unpaired) electrons. The summed E-state index contributed by atoms with van der Waals surface area (Å²) in [7, 11) is 1.00. The second-order valence-electron chi connectivity index (χ2n) is 3.36. The molecule has 1 heterocycles. The Hall–Kier alpha value is -0.0800. The van der Waals surface area contributed by atoms with Crippen LogP contribution in [0.3, 0.4) is 0 Å². The Morgan fingerprint density at radius 3 is 2.09 bits per heavy atom. The highest BCUT2D eigenvalue weighted by Gasteiger charge is 2.21. The molecule has 1 aliphatic heterocycles. The van der Waals surface area contributed by atoms with Crippen LogP contribution >= 0.6 is 0 Å². The summed E-state index contributed by atoms with van der Waals surface area (Å²) in [5.41, 5.74) is 0. The van der Waals surface area contributed by atoms with Crippen LogP contribution in [0.25, 0.3) is 0 Å². The first kappa shape index (κ1) is 10.9. The SMILES string of the molecule is CC1C[C@@H](C)CO[C@H]1C.CO. The van der Waals surface area contributed by atoms with E-state index in [1.165, 1.54) is 6.42 Å². The third-order valence-corrected chi connectivity index (χ3v) is 2.22. The number of hydrogen-bond acceptors (Lipinski definition) is 2. The van der Waals surface area contributed by atoms with Crippen LogP contribution in [-0.2, 0) is 4.74 Å². The van der Waals surface area contributed by atoms with Crippen molar-refractivity contribution in [1.82, 2.24) is 0 Å². The van der Waals surface area contributed by atoms with Gasteiger partial charge in [-0.1, -0.05) is 13.8 Å². The molecule has 0 aliphatic carbocycles. The quantitative estimate of drug-likeness (QED) is 0.584. The van der Waals surface area contributed by atoms with E-state index in [2.05, 4.69) is 20.8 Å². The molecule has 0 amide bonds. The smallest absolute Gasteiger partial charge is 0.0572 e. The normalized spacial score (nSPS) is 37.4. The average Bonchev–Trinajstić information content (AvgIpc) is 2.02. The third kappa shape index (κ3) is 3.73. The molecular formula is C9H20O2. The predicted octanol–water partition coefficient (Wildman–Crippen LogP) is 1.68. The van der Waals surface area contributed by atoms with Crippen molar-refractivity contribution in [2.24, 2.45) is 11.8 Å². The summed E-state index contributed by atoms with van der Waals surface area (Å²) in [6.07, 6.45) is 1.82. The minimum atomic E-state index is 0.487. The standard InChI is InChI=1S/C8H16O.CH4O/c1-6-4-7(2)8(3)9-5-6;1-2/h6-8H,4-5H2,1-3H3;2H,1H3/t6-,7?,8+;/m1./s1. The van der Waals surface area contributed by atoms with Crippen molar-refractivity contribution >= 4 is 0 Å². The maximum absolute atomic E-state index is 7.00. The Kier molecular flexibility index (Phi) is 5.51. The van der Waals surface area contributed by atoms with Gasteiger partial charge in [0.15, 0.2) is 0 Å². The lowest BCUT2D eigenvalue weighted by Crippen LogP contribution is -2.29. The van der Waals surface area contributed by atoms with Crippen molar-refractivity contribution in [2.75, 3.05) is 13.7 Å². The van der Waals surface area contributed by atoms with E-state index in [1.807, 2.05) is 0 Å². The van der Waals surface area contributed by atoms with Crippen LogP contribution in [0.15, 0.2) is 0 Å². The lowest BCUT2D eigenvalue weighted by Gasteiger charge is -2.30. The lowest BCUT2D eigenvalue weighted by atomic mass is 9.91. The topological polar surface area (TPSA) is 29.5 Å². The van der Waals surface area contributed by atoms with Crippen LogP contribution in [-0.4, -0.2) is 24.9 Å². The van der Waals surface area contributed by atoms with Crippen molar-refractivity contribution in [3.8, 4) is 0 Å². The molecule has 1 N–H and O–H groups in total. The zero-order valence-electron chi connectivity index (χ0n) is 8.00. The minimum Gasteiger partial charge on any atom is -0.400 e. The number of hydrogen-bond donors (Lipinski definition) is 1. The van der Waals surface area contributed by atoms with Crippen molar-refractivity contribution in [3.63, 3.8) is 0 Å². The molecular weight excluding hydrogens is 140 g/mol. The fourth-order valence-electron chi connectivity index (χ4n) is 1.37. The van der Waals surface area contributed by atoms with E-state index >= 15 is 0 Å². The van der Waals surface area contributed by atoms with Crippen LogP contribution in [0.2, 0.25) is 0 Å². The maximum atomic E-state index is 7.00. The molecule has 0 bridgehead atoms. The van der Waals surface area contributed by atoms with Gasteiger partial charge in [-0.15, -0.1) is 0 Å². The fraction of sp³-hybridized carbons (Fsp3) is 1.00. The summed E-state index contributed by atoms with van der Waals surface area (Å²) >= 11 is 0. The van der Waals surface area contributed by atoms with E-state index in [1.54, 1.807) is 0 Å². The Labute approximate surface area is 69.6 Å². The predicted molar refractivity (Wildman–Crippen MR) is 46.5 cm³/mol. The Morgan fingerprint density at radius 2 is 1.73 bits per heavy atom. The molecule has 2 heteroatoms. The summed E-state index contributed by atoms with van der Waals surface area (Å²) in [5, 5.41) is 7.00. The first-order valence-corrected chi connectivity index (χ1v) is 4.26. The first-order valence-electron chi connectivity index (χ1n) is 4.26. The lowest BCUT2D eigenvalue weighted by molar-refractivity contribution is -0.0351. The Bertz CT molecular complexity index is 93.6. The molecule has 11 heavy (non-hydrogen) atoms. The second-order valence-corrected chi connectivity index (χ2v) is 3.36. The highest BCUT2D eigenvalue weighted by Crippen LogP contribution is 2.23. The molecule has 0 aromatic rings. The van der Waals surface area contributed by atoms with Crippen molar-refractivity contribution < 1.29 is 9.84 Å². The van der Waals surface area contributed by atoms with Gasteiger partial charge in [0.25, 0.3) is 0 Å². The van der Waals surface area contributed by atoms with Gasteiger partial charge in [0.05, 0.1) is 6.10 Å². The molecule has 2 nitrogen and oxygen atoms in total. The van der Waals surface area contributed by atoms with Crippen LogP contribution in [0.1, 0.15) is 27.2 Å². The van der Waals surface area contributed by atoms with Gasteiger partial charge >= 0.3 is 0 Å². The van der Waals surface area contributed by atoms with Gasteiger partial charge in [0.2, 0.25) is 0 Å². The van der Waals surface area contributed by atoms with E-state index in [0.29, 0.717) is 6.10 Å². The second kappa shape index (κ2) is 5.56. The fourth-order valence-corrected chi connectivity index (χ4v) is 1.37. The number of ether oxygens (including phenoxy) is 1. The zero-order valence-corrected chi connectivity index (χ0v) is 8.00. The van der Waals surface area contributed by atoms with Gasteiger partial charge in [0.1, 0.15) is 0 Å². The summed E-state index contributed by atoms with van der Waals surface area (Å²) in [6, 6.07) is 0. The summed E-state index contributed by atoms with van der Waals surface area (Å²) < 4.78 is 5.50. The molecule has 0 aromatic heterocycles. The van der Waals surface area contributed by atoms with Gasteiger partial charge in [-0.2, -0.15) is 0 Å². The molecule has 1 fully saturated rings. The van der Waals surface area contributed by atoms with Crippen LogP contribution in [0.5, 0.6) is 0 Å². The molecule has 1 saturated heterocycles. The largest absolute Gasteiger partial charge is 0.400 e. The van der Waals surface area contributed by atoms with E-state index < -0.39 is 0 Å². The molecule has 1 unspecified atom stereocenters. The van der Waals surface area contributed by atoms with Crippen molar-refractivity contribution in [1.29, 1.82) is 0 Å². The van der Waals surface area contributed by atoms with Crippen molar-refractivity contribution in [3.05, 3.63) is 0 Å². The van der Waals surface area contributed by atoms with E-state index in [9.17, 15) is 0 Å². The molecule has 0 saturated carbocycles. The maximum Gasteiger partial charge on any atom is 0.0572 e. The Morgan fingerprint density at radius 1 is 1.18 bits per heavy atom. The van der Waals surface area contributed by atoms with Gasteiger partial charge in [-0.3, -0.25) is 0 Å². The van der Waals surface area contributed by atoms with Crippen LogP contribution in [0, 0.1) is 11.8 Å². The van der Waals surface area contributed by atoms with Crippen LogP contribution in [0.4, 0.5) is 0 Å². The number of aliphatic hydroxyl groups excluding tert-OH is 1. The molecule has 0 spiro atoms. The molecule has 0 aromatic carbocycles. The summed E-state index contributed by atoms with van der Waals surface area (Å²) in [6.45, 7) is 7.64. The van der Waals surface area contributed by atoms with Gasteiger partial charge in [-0.05, 0) is 25.2 Å². The van der Waals surface area contributed by atoms with Crippen molar-refractivity contribution in [2.45, 2.75) is 33.3 Å². The summed E-state index contributed by atoms with van der Waals surface area (Å²) in [4.78, 5) is 0. The third-order valence-electron chi connectivity index (χ3n) is 2.22.